The Balaban J connectivity index is 2.20. The summed E-state index contributed by atoms with van der Waals surface area (Å²) in [6.07, 6.45) is 0.169. The predicted molar refractivity (Wildman–Crippen MR) is 75.8 cm³/mol. The van der Waals surface area contributed by atoms with Crippen LogP contribution in [0, 0.1) is 0 Å². The molecule has 0 saturated carbocycles. The molecule has 0 aliphatic carbocycles. The molecule has 0 fully saturated rings. The minimum absolute atomic E-state index is 0.0270. The zero-order chi connectivity index (χ0) is 14.3. The molecule has 1 aromatic carbocycles. The van der Waals surface area contributed by atoms with Gasteiger partial charge in [0.05, 0.1) is 5.56 Å². The number of aromatic amines is 1. The number of nitrogens with zero attached hydrogens (tertiary/aromatic N) is 1. The first-order valence-corrected chi connectivity index (χ1v) is 6.37. The SMILES string of the molecule is Nc1nc2c(c(=O)[nH]1)[C@H](c1cccc(Cl)c1)CC(=O)N2. The van der Waals surface area contributed by atoms with Crippen molar-refractivity contribution in [1.82, 2.24) is 9.97 Å². The Kier molecular flexibility index (Phi) is 2.94. The Bertz CT molecular complexity index is 756. The van der Waals surface area contributed by atoms with Crippen LogP contribution < -0.4 is 16.6 Å². The third-order valence-corrected chi connectivity index (χ3v) is 3.46. The molecule has 1 amide bonds. The monoisotopic (exact) mass is 290 g/mol. The first kappa shape index (κ1) is 12.7. The second-order valence-corrected chi connectivity index (χ2v) is 5.01. The molecule has 0 saturated heterocycles. The number of hydrogen-bond acceptors (Lipinski definition) is 4. The van der Waals surface area contributed by atoms with E-state index >= 15 is 0 Å². The van der Waals surface area contributed by atoms with Gasteiger partial charge < -0.3 is 11.1 Å². The normalized spacial score (nSPS) is 17.4. The van der Waals surface area contributed by atoms with Gasteiger partial charge in [0.25, 0.3) is 5.56 Å². The zero-order valence-corrected chi connectivity index (χ0v) is 11.1. The highest BCUT2D eigenvalue weighted by Gasteiger charge is 2.30. The molecule has 2 heterocycles. The molecule has 1 aliphatic rings. The summed E-state index contributed by atoms with van der Waals surface area (Å²) >= 11 is 5.97. The van der Waals surface area contributed by atoms with Gasteiger partial charge in [-0.3, -0.25) is 14.6 Å². The number of nitrogens with one attached hydrogen (secondary N) is 2. The molecule has 20 heavy (non-hydrogen) atoms. The van der Waals surface area contributed by atoms with E-state index in [1.165, 1.54) is 0 Å². The number of anilines is 2. The maximum Gasteiger partial charge on any atom is 0.258 e. The van der Waals surface area contributed by atoms with Crippen molar-refractivity contribution in [1.29, 1.82) is 0 Å². The second kappa shape index (κ2) is 4.64. The molecule has 0 radical (unpaired) electrons. The number of nitrogen functional groups attached to an aromatic ring is 1. The summed E-state index contributed by atoms with van der Waals surface area (Å²) in [5.74, 6) is -0.400. The maximum atomic E-state index is 12.1. The Hall–Kier alpha value is -2.34. The van der Waals surface area contributed by atoms with E-state index in [4.69, 9.17) is 17.3 Å². The van der Waals surface area contributed by atoms with Crippen LogP contribution in [-0.2, 0) is 4.79 Å². The summed E-state index contributed by atoms with van der Waals surface area (Å²) in [5, 5.41) is 3.12. The average molecular weight is 291 g/mol. The van der Waals surface area contributed by atoms with Gasteiger partial charge >= 0.3 is 0 Å². The van der Waals surface area contributed by atoms with Crippen molar-refractivity contribution in [2.45, 2.75) is 12.3 Å². The van der Waals surface area contributed by atoms with Crippen LogP contribution in [0.5, 0.6) is 0 Å². The van der Waals surface area contributed by atoms with Gasteiger partial charge in [0.15, 0.2) is 0 Å². The molecule has 7 heteroatoms. The molecule has 2 aromatic rings. The highest BCUT2D eigenvalue weighted by Crippen LogP contribution is 2.34. The van der Waals surface area contributed by atoms with E-state index in [2.05, 4.69) is 15.3 Å². The fourth-order valence-corrected chi connectivity index (χ4v) is 2.60. The first-order chi connectivity index (χ1) is 9.54. The fourth-order valence-electron chi connectivity index (χ4n) is 2.40. The summed E-state index contributed by atoms with van der Waals surface area (Å²) in [7, 11) is 0. The minimum atomic E-state index is -0.380. The van der Waals surface area contributed by atoms with E-state index in [1.807, 2.05) is 6.07 Å². The van der Waals surface area contributed by atoms with Crippen molar-refractivity contribution < 1.29 is 4.79 Å². The van der Waals surface area contributed by atoms with Crippen LogP contribution in [0.4, 0.5) is 11.8 Å². The molecular weight excluding hydrogens is 280 g/mol. The summed E-state index contributed by atoms with van der Waals surface area (Å²) in [5.41, 5.74) is 6.35. The fraction of sp³-hybridized carbons (Fsp3) is 0.154. The van der Waals surface area contributed by atoms with Gasteiger partial charge in [0.1, 0.15) is 5.82 Å². The van der Waals surface area contributed by atoms with Crippen molar-refractivity contribution in [3.63, 3.8) is 0 Å². The molecule has 6 nitrogen and oxygen atoms in total. The van der Waals surface area contributed by atoms with Gasteiger partial charge in [-0.15, -0.1) is 0 Å². The summed E-state index contributed by atoms with van der Waals surface area (Å²) in [4.78, 5) is 30.3. The summed E-state index contributed by atoms with van der Waals surface area (Å²) in [6, 6.07) is 7.09. The van der Waals surface area contributed by atoms with Crippen LogP contribution >= 0.6 is 11.6 Å². The van der Waals surface area contributed by atoms with Crippen molar-refractivity contribution in [3.05, 3.63) is 50.8 Å². The smallest absolute Gasteiger partial charge is 0.258 e. The van der Waals surface area contributed by atoms with Crippen molar-refractivity contribution >= 4 is 29.3 Å². The number of carbonyl (C=O) groups excluding carboxylic acids is 1. The standard InChI is InChI=1S/C13H11ClN4O2/c14-7-3-1-2-6(4-7)8-5-9(19)16-11-10(8)12(20)18-13(15)17-11/h1-4,8H,5H2,(H4,15,16,17,18,19,20)/t8-/m0/s1. The van der Waals surface area contributed by atoms with Gasteiger partial charge in [0, 0.05) is 17.4 Å². The van der Waals surface area contributed by atoms with Crippen molar-refractivity contribution in [3.8, 4) is 0 Å². The first-order valence-electron chi connectivity index (χ1n) is 5.99. The topological polar surface area (TPSA) is 101 Å². The van der Waals surface area contributed by atoms with E-state index in [1.54, 1.807) is 18.2 Å². The molecule has 0 unspecified atom stereocenters. The number of rotatable bonds is 1. The van der Waals surface area contributed by atoms with Crippen LogP contribution in [0.15, 0.2) is 29.1 Å². The van der Waals surface area contributed by atoms with Gasteiger partial charge in [0.2, 0.25) is 11.9 Å². The lowest BCUT2D eigenvalue weighted by Crippen LogP contribution is -2.31. The number of halogens is 1. The van der Waals surface area contributed by atoms with Crippen molar-refractivity contribution in [2.75, 3.05) is 11.1 Å². The molecule has 1 aliphatic heterocycles. The highest BCUT2D eigenvalue weighted by molar-refractivity contribution is 6.30. The lowest BCUT2D eigenvalue weighted by Gasteiger charge is -2.24. The van der Waals surface area contributed by atoms with E-state index < -0.39 is 0 Å². The molecule has 102 valence electrons. The van der Waals surface area contributed by atoms with E-state index in [-0.39, 0.29) is 35.6 Å². The van der Waals surface area contributed by atoms with Crippen LogP contribution in [-0.4, -0.2) is 15.9 Å². The third kappa shape index (κ3) is 2.14. The predicted octanol–water partition coefficient (Wildman–Crippen LogP) is 1.48. The molecular formula is C13H11ClN4O2. The number of benzene rings is 1. The number of amides is 1. The highest BCUT2D eigenvalue weighted by atomic mass is 35.5. The Morgan fingerprint density at radius 1 is 1.35 bits per heavy atom. The van der Waals surface area contributed by atoms with E-state index in [9.17, 15) is 9.59 Å². The molecule has 1 atom stereocenters. The summed E-state index contributed by atoms with van der Waals surface area (Å²) in [6.45, 7) is 0. The number of nitrogens with two attached hydrogens (primary N) is 1. The lowest BCUT2D eigenvalue weighted by atomic mass is 9.87. The van der Waals surface area contributed by atoms with Gasteiger partial charge in [-0.05, 0) is 17.7 Å². The Morgan fingerprint density at radius 2 is 2.15 bits per heavy atom. The zero-order valence-electron chi connectivity index (χ0n) is 10.3. The van der Waals surface area contributed by atoms with Gasteiger partial charge in [-0.2, -0.15) is 4.98 Å². The number of carbonyl (C=O) groups is 1. The molecule has 4 N–H and O–H groups in total. The molecule has 1 aromatic heterocycles. The Morgan fingerprint density at radius 3 is 2.90 bits per heavy atom. The van der Waals surface area contributed by atoms with Gasteiger partial charge in [-0.1, -0.05) is 23.7 Å². The minimum Gasteiger partial charge on any atom is -0.369 e. The largest absolute Gasteiger partial charge is 0.369 e. The number of fused-ring (bicyclic) bond motifs is 1. The molecule has 0 spiro atoms. The van der Waals surface area contributed by atoms with Crippen LogP contribution in [0.3, 0.4) is 0 Å². The third-order valence-electron chi connectivity index (χ3n) is 3.22. The quantitative estimate of drug-likeness (QED) is 0.740. The molecule has 0 bridgehead atoms. The molecule has 3 rings (SSSR count). The number of H-pyrrole nitrogens is 1. The lowest BCUT2D eigenvalue weighted by molar-refractivity contribution is -0.116. The van der Waals surface area contributed by atoms with E-state index in [0.29, 0.717) is 10.6 Å². The van der Waals surface area contributed by atoms with Crippen LogP contribution in [0.2, 0.25) is 5.02 Å². The van der Waals surface area contributed by atoms with Crippen LogP contribution in [0.1, 0.15) is 23.5 Å². The Labute approximate surface area is 119 Å². The van der Waals surface area contributed by atoms with Gasteiger partial charge in [-0.25, -0.2) is 0 Å². The van der Waals surface area contributed by atoms with E-state index in [0.717, 1.165) is 5.56 Å². The average Bonchev–Trinajstić information content (AvgIpc) is 2.36. The summed E-state index contributed by atoms with van der Waals surface area (Å²) < 4.78 is 0. The maximum absolute atomic E-state index is 12.1. The van der Waals surface area contributed by atoms with Crippen molar-refractivity contribution in [2.24, 2.45) is 0 Å². The number of aromatic nitrogens is 2. The second-order valence-electron chi connectivity index (χ2n) is 4.57. The number of hydrogen-bond donors (Lipinski definition) is 3. The van der Waals surface area contributed by atoms with Crippen LogP contribution in [0.25, 0.3) is 0 Å².